The Balaban J connectivity index is 1.70. The molecule has 1 fully saturated rings. The largest absolute Gasteiger partial charge is 0.285 e. The lowest BCUT2D eigenvalue weighted by molar-refractivity contribution is 0.0750. The van der Waals surface area contributed by atoms with Gasteiger partial charge >= 0.3 is 0 Å². The highest BCUT2D eigenvalue weighted by Gasteiger charge is 2.18. The number of halogens is 1. The van der Waals surface area contributed by atoms with E-state index in [9.17, 15) is 17.6 Å². The molecule has 0 aromatic heterocycles. The summed E-state index contributed by atoms with van der Waals surface area (Å²) in [4.78, 5) is 12.2. The molecule has 0 atom stereocenters. The number of hydrogen-bond donors (Lipinski definition) is 2. The zero-order valence-electron chi connectivity index (χ0n) is 14.1. The zero-order chi connectivity index (χ0) is 18.6. The van der Waals surface area contributed by atoms with E-state index in [0.717, 1.165) is 32.4 Å². The number of carbonyl (C=O) groups is 1. The molecule has 3 rings (SSSR count). The second-order valence-electron chi connectivity index (χ2n) is 6.10. The SMILES string of the molecule is O=C(NN1CCCCC1)c1ccc(S(=O)(=O)Nc2ccccc2F)cc1. The van der Waals surface area contributed by atoms with Gasteiger partial charge < -0.3 is 0 Å². The molecular weight excluding hydrogens is 357 g/mol. The van der Waals surface area contributed by atoms with Crippen LogP contribution in [0, 0.1) is 5.82 Å². The summed E-state index contributed by atoms with van der Waals surface area (Å²) in [6.07, 6.45) is 3.24. The lowest BCUT2D eigenvalue weighted by Gasteiger charge is -2.26. The van der Waals surface area contributed by atoms with Crippen molar-refractivity contribution in [2.45, 2.75) is 24.2 Å². The number of piperidine rings is 1. The molecule has 8 heteroatoms. The lowest BCUT2D eigenvalue weighted by Crippen LogP contribution is -2.45. The van der Waals surface area contributed by atoms with Gasteiger partial charge in [0.1, 0.15) is 5.82 Å². The van der Waals surface area contributed by atoms with Crippen LogP contribution < -0.4 is 10.1 Å². The number of nitrogens with one attached hydrogen (secondary N) is 2. The van der Waals surface area contributed by atoms with Crippen molar-refractivity contribution >= 4 is 21.6 Å². The summed E-state index contributed by atoms with van der Waals surface area (Å²) in [5.41, 5.74) is 3.06. The van der Waals surface area contributed by atoms with E-state index in [2.05, 4.69) is 10.1 Å². The molecule has 2 aromatic carbocycles. The third kappa shape index (κ3) is 4.39. The molecule has 1 heterocycles. The van der Waals surface area contributed by atoms with Crippen molar-refractivity contribution in [2.24, 2.45) is 0 Å². The summed E-state index contributed by atoms with van der Waals surface area (Å²) in [7, 11) is -3.94. The van der Waals surface area contributed by atoms with E-state index < -0.39 is 15.8 Å². The molecule has 0 aliphatic carbocycles. The summed E-state index contributed by atoms with van der Waals surface area (Å²) >= 11 is 0. The highest BCUT2D eigenvalue weighted by molar-refractivity contribution is 7.92. The molecule has 0 spiro atoms. The van der Waals surface area contributed by atoms with Gasteiger partial charge in [-0.1, -0.05) is 18.6 Å². The maximum atomic E-state index is 13.6. The number of hydrogen-bond acceptors (Lipinski definition) is 4. The number of nitrogens with zero attached hydrogens (tertiary/aromatic N) is 1. The standard InChI is InChI=1S/C18H20FN3O3S/c19-16-6-2-3-7-17(16)21-26(24,25)15-10-8-14(9-11-15)18(23)20-22-12-4-1-5-13-22/h2-3,6-11,21H,1,4-5,12-13H2,(H,20,23). The summed E-state index contributed by atoms with van der Waals surface area (Å²) in [5, 5.41) is 1.87. The molecule has 0 bridgehead atoms. The zero-order valence-corrected chi connectivity index (χ0v) is 14.9. The number of anilines is 1. The Morgan fingerprint density at radius 3 is 2.27 bits per heavy atom. The molecule has 0 saturated carbocycles. The topological polar surface area (TPSA) is 78.5 Å². The molecule has 6 nitrogen and oxygen atoms in total. The molecule has 0 radical (unpaired) electrons. The van der Waals surface area contributed by atoms with Crippen molar-refractivity contribution in [3.05, 3.63) is 59.9 Å². The van der Waals surface area contributed by atoms with Gasteiger partial charge in [-0.25, -0.2) is 17.8 Å². The second-order valence-corrected chi connectivity index (χ2v) is 7.78. The van der Waals surface area contributed by atoms with Crippen LogP contribution in [0.4, 0.5) is 10.1 Å². The molecule has 1 aliphatic rings. The van der Waals surface area contributed by atoms with E-state index in [0.29, 0.717) is 5.56 Å². The Kier molecular flexibility index (Phi) is 5.53. The molecule has 2 aromatic rings. The van der Waals surface area contributed by atoms with Gasteiger partial charge in [-0.15, -0.1) is 0 Å². The van der Waals surface area contributed by atoms with E-state index in [1.165, 1.54) is 48.5 Å². The smallest absolute Gasteiger partial charge is 0.265 e. The summed E-state index contributed by atoms with van der Waals surface area (Å²) in [6.45, 7) is 1.62. The van der Waals surface area contributed by atoms with E-state index >= 15 is 0 Å². The average molecular weight is 377 g/mol. The minimum absolute atomic E-state index is 0.0460. The first-order valence-corrected chi connectivity index (χ1v) is 9.87. The number of benzene rings is 2. The number of sulfonamides is 1. The van der Waals surface area contributed by atoms with Gasteiger partial charge in [0.05, 0.1) is 10.6 Å². The van der Waals surface area contributed by atoms with Gasteiger partial charge in [-0.3, -0.25) is 14.9 Å². The van der Waals surface area contributed by atoms with Gasteiger partial charge in [0.15, 0.2) is 0 Å². The first kappa shape index (κ1) is 18.3. The van der Waals surface area contributed by atoms with Gasteiger partial charge in [0.25, 0.3) is 15.9 Å². The quantitative estimate of drug-likeness (QED) is 0.840. The monoisotopic (exact) mass is 377 g/mol. The third-order valence-electron chi connectivity index (χ3n) is 4.16. The van der Waals surface area contributed by atoms with Crippen LogP contribution in [0.5, 0.6) is 0 Å². The lowest BCUT2D eigenvalue weighted by atomic mass is 10.1. The molecule has 1 saturated heterocycles. The molecule has 1 amide bonds. The van der Waals surface area contributed by atoms with Crippen LogP contribution in [-0.4, -0.2) is 32.4 Å². The molecule has 0 unspecified atom stereocenters. The van der Waals surface area contributed by atoms with Crippen LogP contribution in [0.2, 0.25) is 0 Å². The van der Waals surface area contributed by atoms with Crippen molar-refractivity contribution < 1.29 is 17.6 Å². The maximum Gasteiger partial charge on any atom is 0.265 e. The fraction of sp³-hybridized carbons (Fsp3) is 0.278. The van der Waals surface area contributed by atoms with Gasteiger partial charge in [-0.2, -0.15) is 0 Å². The third-order valence-corrected chi connectivity index (χ3v) is 5.54. The van der Waals surface area contributed by atoms with E-state index in [1.54, 1.807) is 0 Å². The number of rotatable bonds is 5. The van der Waals surface area contributed by atoms with Crippen LogP contribution in [0.3, 0.4) is 0 Å². The minimum Gasteiger partial charge on any atom is -0.285 e. The second kappa shape index (κ2) is 7.84. The van der Waals surface area contributed by atoms with Crippen molar-refractivity contribution in [1.29, 1.82) is 0 Å². The Hall–Kier alpha value is -2.45. The van der Waals surface area contributed by atoms with E-state index in [-0.39, 0.29) is 16.5 Å². The van der Waals surface area contributed by atoms with Crippen molar-refractivity contribution in [2.75, 3.05) is 17.8 Å². The first-order chi connectivity index (χ1) is 12.5. The average Bonchev–Trinajstić information content (AvgIpc) is 2.64. The number of amides is 1. The predicted octanol–water partition coefficient (Wildman–Crippen LogP) is 2.76. The van der Waals surface area contributed by atoms with Crippen LogP contribution in [-0.2, 0) is 10.0 Å². The van der Waals surface area contributed by atoms with Crippen molar-refractivity contribution in [1.82, 2.24) is 10.4 Å². The van der Waals surface area contributed by atoms with Gasteiger partial charge in [0.2, 0.25) is 0 Å². The highest BCUT2D eigenvalue weighted by Crippen LogP contribution is 2.19. The summed E-state index contributed by atoms with van der Waals surface area (Å²) < 4.78 is 40.6. The van der Waals surface area contributed by atoms with Gasteiger partial charge in [-0.05, 0) is 49.2 Å². The number of carbonyl (C=O) groups excluding carboxylic acids is 1. The molecule has 26 heavy (non-hydrogen) atoms. The Labute approximate surface area is 152 Å². The fourth-order valence-corrected chi connectivity index (χ4v) is 3.81. The van der Waals surface area contributed by atoms with Crippen LogP contribution >= 0.6 is 0 Å². The van der Waals surface area contributed by atoms with Crippen molar-refractivity contribution in [3.8, 4) is 0 Å². The minimum atomic E-state index is -3.94. The fourth-order valence-electron chi connectivity index (χ4n) is 2.75. The van der Waals surface area contributed by atoms with Crippen LogP contribution in [0.15, 0.2) is 53.4 Å². The normalized spacial score (nSPS) is 15.4. The highest BCUT2D eigenvalue weighted by atomic mass is 32.2. The first-order valence-electron chi connectivity index (χ1n) is 8.39. The summed E-state index contributed by atoms with van der Waals surface area (Å²) in [5.74, 6) is -0.938. The Morgan fingerprint density at radius 1 is 0.962 bits per heavy atom. The number of hydrazine groups is 1. The van der Waals surface area contributed by atoms with E-state index in [1.807, 2.05) is 5.01 Å². The Bertz CT molecular complexity index is 879. The molecule has 138 valence electrons. The van der Waals surface area contributed by atoms with Gasteiger partial charge in [0, 0.05) is 18.7 Å². The van der Waals surface area contributed by atoms with Crippen LogP contribution in [0.25, 0.3) is 0 Å². The summed E-state index contributed by atoms with van der Waals surface area (Å²) in [6, 6.07) is 11.1. The molecule has 1 aliphatic heterocycles. The maximum absolute atomic E-state index is 13.6. The predicted molar refractivity (Wildman–Crippen MR) is 96.5 cm³/mol. The number of para-hydroxylation sites is 1. The molecular formula is C18H20FN3O3S. The van der Waals surface area contributed by atoms with Crippen molar-refractivity contribution in [3.63, 3.8) is 0 Å². The molecule has 2 N–H and O–H groups in total. The Morgan fingerprint density at radius 2 is 1.62 bits per heavy atom. The van der Waals surface area contributed by atoms with E-state index in [4.69, 9.17) is 0 Å². The van der Waals surface area contributed by atoms with Crippen LogP contribution in [0.1, 0.15) is 29.6 Å².